The largest absolute Gasteiger partial charge is 0.456 e. The van der Waals surface area contributed by atoms with Gasteiger partial charge in [0.25, 0.3) is 0 Å². The van der Waals surface area contributed by atoms with Gasteiger partial charge < -0.3 is 9.52 Å². The number of hydrogen-bond acceptors (Lipinski definition) is 2. The lowest BCUT2D eigenvalue weighted by Gasteiger charge is -2.06. The van der Waals surface area contributed by atoms with E-state index in [0.717, 1.165) is 27.5 Å². The van der Waals surface area contributed by atoms with Crippen molar-refractivity contribution in [1.29, 1.82) is 0 Å². The summed E-state index contributed by atoms with van der Waals surface area (Å²) in [6.07, 6.45) is 0. The van der Waals surface area contributed by atoms with E-state index >= 15 is 0 Å². The zero-order chi connectivity index (χ0) is 13.5. The van der Waals surface area contributed by atoms with Gasteiger partial charge in [-0.2, -0.15) is 0 Å². The number of para-hydroxylation sites is 1. The van der Waals surface area contributed by atoms with Crippen LogP contribution in [-0.4, -0.2) is 10.7 Å². The Balaban J connectivity index is 2.33. The zero-order valence-corrected chi connectivity index (χ0v) is 10.9. The SMILES string of the molecule is CC(C)(O)C#Cc1cccc2oc3ccccc3c12. The molecule has 0 bridgehead atoms. The first-order valence-electron chi connectivity index (χ1n) is 6.20. The summed E-state index contributed by atoms with van der Waals surface area (Å²) in [6.45, 7) is 3.35. The van der Waals surface area contributed by atoms with E-state index in [1.807, 2.05) is 42.5 Å². The summed E-state index contributed by atoms with van der Waals surface area (Å²) < 4.78 is 5.79. The van der Waals surface area contributed by atoms with E-state index in [4.69, 9.17) is 4.42 Å². The highest BCUT2D eigenvalue weighted by atomic mass is 16.3. The maximum atomic E-state index is 9.72. The monoisotopic (exact) mass is 250 g/mol. The van der Waals surface area contributed by atoms with Gasteiger partial charge in [0, 0.05) is 16.3 Å². The molecule has 0 aliphatic heterocycles. The van der Waals surface area contributed by atoms with Crippen LogP contribution < -0.4 is 0 Å². The number of hydrogen-bond donors (Lipinski definition) is 1. The minimum Gasteiger partial charge on any atom is -0.456 e. The van der Waals surface area contributed by atoms with Gasteiger partial charge in [-0.1, -0.05) is 36.1 Å². The molecule has 3 rings (SSSR count). The Morgan fingerprint density at radius 2 is 1.74 bits per heavy atom. The molecular formula is C17H14O2. The maximum absolute atomic E-state index is 9.72. The van der Waals surface area contributed by atoms with Crippen molar-refractivity contribution < 1.29 is 9.52 Å². The van der Waals surface area contributed by atoms with Crippen LogP contribution in [0.3, 0.4) is 0 Å². The van der Waals surface area contributed by atoms with Gasteiger partial charge in [-0.3, -0.25) is 0 Å². The average Bonchev–Trinajstić information content (AvgIpc) is 2.74. The zero-order valence-electron chi connectivity index (χ0n) is 10.9. The van der Waals surface area contributed by atoms with Crippen LogP contribution in [0, 0.1) is 11.8 Å². The van der Waals surface area contributed by atoms with E-state index in [1.165, 1.54) is 0 Å². The van der Waals surface area contributed by atoms with E-state index in [0.29, 0.717) is 0 Å². The van der Waals surface area contributed by atoms with Gasteiger partial charge >= 0.3 is 0 Å². The van der Waals surface area contributed by atoms with Crippen LogP contribution in [0.1, 0.15) is 19.4 Å². The van der Waals surface area contributed by atoms with Crippen LogP contribution in [0.5, 0.6) is 0 Å². The molecule has 0 unspecified atom stereocenters. The van der Waals surface area contributed by atoms with E-state index in [1.54, 1.807) is 13.8 Å². The quantitative estimate of drug-likeness (QED) is 0.617. The van der Waals surface area contributed by atoms with Crippen LogP contribution in [0.15, 0.2) is 46.9 Å². The van der Waals surface area contributed by atoms with E-state index < -0.39 is 5.60 Å². The van der Waals surface area contributed by atoms with Crippen molar-refractivity contribution >= 4 is 21.9 Å². The van der Waals surface area contributed by atoms with Crippen LogP contribution in [0.4, 0.5) is 0 Å². The number of benzene rings is 2. The van der Waals surface area contributed by atoms with Gasteiger partial charge in [0.2, 0.25) is 0 Å². The normalized spacial score (nSPS) is 11.5. The van der Waals surface area contributed by atoms with Crippen LogP contribution >= 0.6 is 0 Å². The molecule has 0 spiro atoms. The minimum atomic E-state index is -0.998. The second-order valence-electron chi connectivity index (χ2n) is 5.09. The van der Waals surface area contributed by atoms with Crippen molar-refractivity contribution in [3.8, 4) is 11.8 Å². The highest BCUT2D eigenvalue weighted by Gasteiger charge is 2.10. The molecule has 1 aromatic heterocycles. The molecule has 0 saturated heterocycles. The molecule has 0 fully saturated rings. The molecule has 0 amide bonds. The second-order valence-corrected chi connectivity index (χ2v) is 5.09. The van der Waals surface area contributed by atoms with Crippen molar-refractivity contribution in [2.24, 2.45) is 0 Å². The summed E-state index contributed by atoms with van der Waals surface area (Å²) in [7, 11) is 0. The molecule has 19 heavy (non-hydrogen) atoms. The van der Waals surface area contributed by atoms with Crippen LogP contribution in [-0.2, 0) is 0 Å². The smallest absolute Gasteiger partial charge is 0.136 e. The second kappa shape index (κ2) is 4.15. The van der Waals surface area contributed by atoms with Crippen molar-refractivity contribution in [1.82, 2.24) is 0 Å². The van der Waals surface area contributed by atoms with Crippen molar-refractivity contribution in [2.75, 3.05) is 0 Å². The molecule has 0 saturated carbocycles. The third-order valence-electron chi connectivity index (χ3n) is 2.91. The lowest BCUT2D eigenvalue weighted by molar-refractivity contribution is 0.143. The lowest BCUT2D eigenvalue weighted by atomic mass is 10.0. The van der Waals surface area contributed by atoms with Crippen molar-refractivity contribution in [3.63, 3.8) is 0 Å². The predicted molar refractivity (Wildman–Crippen MR) is 76.9 cm³/mol. The van der Waals surface area contributed by atoms with E-state index in [-0.39, 0.29) is 0 Å². The van der Waals surface area contributed by atoms with Gasteiger partial charge in [0.05, 0.1) is 0 Å². The summed E-state index contributed by atoms with van der Waals surface area (Å²) in [5, 5.41) is 11.8. The van der Waals surface area contributed by atoms with Gasteiger partial charge in [-0.15, -0.1) is 0 Å². The molecule has 2 heteroatoms. The predicted octanol–water partition coefficient (Wildman–Crippen LogP) is 3.71. The molecule has 0 radical (unpaired) electrons. The average molecular weight is 250 g/mol. The fourth-order valence-electron chi connectivity index (χ4n) is 2.10. The van der Waals surface area contributed by atoms with Crippen LogP contribution in [0.2, 0.25) is 0 Å². The maximum Gasteiger partial charge on any atom is 0.136 e. The fourth-order valence-corrected chi connectivity index (χ4v) is 2.10. The molecule has 1 N–H and O–H groups in total. The summed E-state index contributed by atoms with van der Waals surface area (Å²) >= 11 is 0. The summed E-state index contributed by atoms with van der Waals surface area (Å²) in [6, 6.07) is 13.7. The van der Waals surface area contributed by atoms with Gasteiger partial charge in [-0.25, -0.2) is 0 Å². The van der Waals surface area contributed by atoms with Crippen molar-refractivity contribution in [3.05, 3.63) is 48.0 Å². The van der Waals surface area contributed by atoms with Crippen LogP contribution in [0.25, 0.3) is 21.9 Å². The Morgan fingerprint density at radius 3 is 2.53 bits per heavy atom. The molecule has 0 atom stereocenters. The topological polar surface area (TPSA) is 33.4 Å². The third-order valence-corrected chi connectivity index (χ3v) is 2.91. The molecule has 1 heterocycles. The highest BCUT2D eigenvalue weighted by Crippen LogP contribution is 2.30. The number of aliphatic hydroxyl groups is 1. The Hall–Kier alpha value is -2.24. The third kappa shape index (κ3) is 2.21. The van der Waals surface area contributed by atoms with Crippen molar-refractivity contribution in [2.45, 2.75) is 19.4 Å². The van der Waals surface area contributed by atoms with Gasteiger partial charge in [0.1, 0.15) is 16.8 Å². The molecule has 2 nitrogen and oxygen atoms in total. The van der Waals surface area contributed by atoms with Gasteiger partial charge in [0.15, 0.2) is 0 Å². The first-order chi connectivity index (χ1) is 9.04. The molecule has 3 aromatic rings. The van der Waals surface area contributed by atoms with E-state index in [2.05, 4.69) is 11.8 Å². The lowest BCUT2D eigenvalue weighted by Crippen LogP contribution is -2.14. The standard InChI is InChI=1S/C17H14O2/c1-17(2,18)11-10-12-6-5-9-15-16(12)13-7-3-4-8-14(13)19-15/h3-9,18H,1-2H3. The first kappa shape index (κ1) is 11.8. The summed E-state index contributed by atoms with van der Waals surface area (Å²) in [5.41, 5.74) is 1.56. The molecule has 0 aliphatic rings. The number of fused-ring (bicyclic) bond motifs is 3. The minimum absolute atomic E-state index is 0.823. The fraction of sp³-hybridized carbons (Fsp3) is 0.176. The Kier molecular flexibility index (Phi) is 2.58. The van der Waals surface area contributed by atoms with E-state index in [9.17, 15) is 5.11 Å². The highest BCUT2D eigenvalue weighted by molar-refractivity contribution is 6.07. The summed E-state index contributed by atoms with van der Waals surface area (Å²) in [4.78, 5) is 0. The molecule has 94 valence electrons. The summed E-state index contributed by atoms with van der Waals surface area (Å²) in [5.74, 6) is 5.89. The number of furan rings is 1. The molecule has 2 aromatic carbocycles. The Bertz CT molecular complexity index is 808. The molecule has 0 aliphatic carbocycles. The first-order valence-corrected chi connectivity index (χ1v) is 6.20. The van der Waals surface area contributed by atoms with Gasteiger partial charge in [-0.05, 0) is 32.0 Å². The Labute approximate surface area is 111 Å². The number of rotatable bonds is 0. The molecular weight excluding hydrogens is 236 g/mol. The Morgan fingerprint density at radius 1 is 1.00 bits per heavy atom.